The summed E-state index contributed by atoms with van der Waals surface area (Å²) in [6.45, 7) is 10.3. The fourth-order valence-electron chi connectivity index (χ4n) is 2.74. The molecule has 1 aliphatic rings. The van der Waals surface area contributed by atoms with Gasteiger partial charge in [0.2, 0.25) is 0 Å². The van der Waals surface area contributed by atoms with E-state index in [0.29, 0.717) is 6.54 Å². The molecule has 1 N–H and O–H groups in total. The van der Waals surface area contributed by atoms with Crippen molar-refractivity contribution in [1.29, 1.82) is 0 Å². The Bertz CT molecular complexity index is 505. The zero-order valence-corrected chi connectivity index (χ0v) is 15.5. The van der Waals surface area contributed by atoms with Crippen LogP contribution in [0.3, 0.4) is 0 Å². The monoisotopic (exact) mass is 333 g/mol. The molecule has 0 spiro atoms. The van der Waals surface area contributed by atoms with Gasteiger partial charge in [-0.15, -0.1) is 0 Å². The lowest BCUT2D eigenvalue weighted by atomic mass is 9.86. The largest absolute Gasteiger partial charge is 0.337 e. The molecule has 2 heterocycles. The maximum Gasteiger partial charge on any atom is 0.317 e. The van der Waals surface area contributed by atoms with E-state index in [4.69, 9.17) is 0 Å². The van der Waals surface area contributed by atoms with Crippen molar-refractivity contribution in [3.63, 3.8) is 0 Å². The highest BCUT2D eigenvalue weighted by Gasteiger charge is 2.23. The topological polar surface area (TPSA) is 51.7 Å². The van der Waals surface area contributed by atoms with Crippen LogP contribution in [-0.4, -0.2) is 85.6 Å². The molecule has 2 rings (SSSR count). The molecule has 0 aromatic carbocycles. The normalized spacial score (nSPS) is 18.6. The van der Waals surface area contributed by atoms with E-state index in [0.717, 1.165) is 44.8 Å². The molecule has 1 fully saturated rings. The molecule has 0 bridgehead atoms. The zero-order chi connectivity index (χ0) is 17.6. The number of pyridine rings is 1. The summed E-state index contributed by atoms with van der Waals surface area (Å²) in [4.78, 5) is 23.3. The molecule has 134 valence electrons. The Hall–Kier alpha value is -1.66. The van der Waals surface area contributed by atoms with Gasteiger partial charge in [0.05, 0.1) is 0 Å². The quantitative estimate of drug-likeness (QED) is 0.904. The van der Waals surface area contributed by atoms with Gasteiger partial charge in [-0.3, -0.25) is 4.98 Å². The van der Waals surface area contributed by atoms with Crippen LogP contribution in [0.2, 0.25) is 0 Å². The number of carbonyl (C=O) groups excluding carboxylic acids is 1. The highest BCUT2D eigenvalue weighted by Crippen LogP contribution is 2.20. The number of hydrogen-bond acceptors (Lipinski definition) is 4. The molecule has 6 nitrogen and oxygen atoms in total. The summed E-state index contributed by atoms with van der Waals surface area (Å²) < 4.78 is 0. The van der Waals surface area contributed by atoms with Crippen LogP contribution in [0, 0.1) is 0 Å². The predicted octanol–water partition coefficient (Wildman–Crippen LogP) is 1.25. The molecule has 0 unspecified atom stereocenters. The number of aromatic nitrogens is 1. The number of urea groups is 1. The minimum Gasteiger partial charge on any atom is -0.337 e. The van der Waals surface area contributed by atoms with Crippen molar-refractivity contribution in [3.05, 3.63) is 30.1 Å². The standard InChI is InChI=1S/C18H31N5O/c1-18(2,16-6-5-7-19-14-16)15-20-17(24)23-12-10-21(3)8-9-22(4)11-13-23/h5-7,14H,8-13,15H2,1-4H3,(H,20,24). The highest BCUT2D eigenvalue weighted by atomic mass is 16.2. The number of amides is 2. The number of nitrogens with one attached hydrogen (secondary N) is 1. The van der Waals surface area contributed by atoms with Gasteiger partial charge in [-0.25, -0.2) is 4.79 Å². The summed E-state index contributed by atoms with van der Waals surface area (Å²) in [5, 5.41) is 3.11. The van der Waals surface area contributed by atoms with Crippen molar-refractivity contribution >= 4 is 6.03 Å². The first-order valence-electron chi connectivity index (χ1n) is 8.69. The lowest BCUT2D eigenvalue weighted by Gasteiger charge is -2.29. The van der Waals surface area contributed by atoms with Gasteiger partial charge in [-0.1, -0.05) is 19.9 Å². The second-order valence-electron chi connectivity index (χ2n) is 7.38. The van der Waals surface area contributed by atoms with Crippen molar-refractivity contribution in [1.82, 2.24) is 25.0 Å². The van der Waals surface area contributed by atoms with Crippen LogP contribution >= 0.6 is 0 Å². The molecular weight excluding hydrogens is 302 g/mol. The molecule has 0 aliphatic carbocycles. The van der Waals surface area contributed by atoms with Gasteiger partial charge in [-0.2, -0.15) is 0 Å². The van der Waals surface area contributed by atoms with E-state index in [1.54, 1.807) is 6.20 Å². The van der Waals surface area contributed by atoms with Crippen LogP contribution in [0.4, 0.5) is 4.79 Å². The van der Waals surface area contributed by atoms with Gasteiger partial charge < -0.3 is 20.0 Å². The summed E-state index contributed by atoms with van der Waals surface area (Å²) in [5.74, 6) is 0. The Morgan fingerprint density at radius 2 is 1.71 bits per heavy atom. The van der Waals surface area contributed by atoms with Gasteiger partial charge in [0, 0.05) is 63.6 Å². The van der Waals surface area contributed by atoms with E-state index in [1.807, 2.05) is 17.2 Å². The van der Waals surface area contributed by atoms with Crippen molar-refractivity contribution in [3.8, 4) is 0 Å². The van der Waals surface area contributed by atoms with E-state index in [9.17, 15) is 4.79 Å². The molecule has 6 heteroatoms. The minimum atomic E-state index is -0.142. The average molecular weight is 333 g/mol. The zero-order valence-electron chi connectivity index (χ0n) is 15.5. The second kappa shape index (κ2) is 8.44. The third-order valence-corrected chi connectivity index (χ3v) is 4.78. The number of carbonyl (C=O) groups is 1. The first-order valence-corrected chi connectivity index (χ1v) is 8.69. The van der Waals surface area contributed by atoms with E-state index < -0.39 is 0 Å². The molecular formula is C18H31N5O. The summed E-state index contributed by atoms with van der Waals surface area (Å²) >= 11 is 0. The number of likely N-dealkylation sites (N-methyl/N-ethyl adjacent to an activating group) is 2. The van der Waals surface area contributed by atoms with Crippen LogP contribution in [-0.2, 0) is 5.41 Å². The molecule has 1 saturated heterocycles. The van der Waals surface area contributed by atoms with Crippen molar-refractivity contribution in [2.45, 2.75) is 19.3 Å². The summed E-state index contributed by atoms with van der Waals surface area (Å²) in [5.41, 5.74) is 0.992. The Balaban J connectivity index is 1.92. The van der Waals surface area contributed by atoms with Gasteiger partial charge in [0.1, 0.15) is 0 Å². The lowest BCUT2D eigenvalue weighted by molar-refractivity contribution is 0.187. The Kier molecular flexibility index (Phi) is 6.57. The highest BCUT2D eigenvalue weighted by molar-refractivity contribution is 5.74. The first kappa shape index (κ1) is 18.7. The fraction of sp³-hybridized carbons (Fsp3) is 0.667. The van der Waals surface area contributed by atoms with E-state index in [-0.39, 0.29) is 11.4 Å². The van der Waals surface area contributed by atoms with Crippen LogP contribution < -0.4 is 5.32 Å². The minimum absolute atomic E-state index is 0.0238. The maximum absolute atomic E-state index is 12.6. The molecule has 24 heavy (non-hydrogen) atoms. The van der Waals surface area contributed by atoms with Gasteiger partial charge in [0.15, 0.2) is 0 Å². The van der Waals surface area contributed by atoms with Crippen molar-refractivity contribution in [2.24, 2.45) is 0 Å². The second-order valence-corrected chi connectivity index (χ2v) is 7.38. The molecule has 0 radical (unpaired) electrons. The van der Waals surface area contributed by atoms with Crippen LogP contribution in [0.5, 0.6) is 0 Å². The Labute approximate surface area is 145 Å². The average Bonchev–Trinajstić information content (AvgIpc) is 2.66. The van der Waals surface area contributed by atoms with Crippen LogP contribution in [0.15, 0.2) is 24.5 Å². The van der Waals surface area contributed by atoms with E-state index in [1.165, 1.54) is 0 Å². The Morgan fingerprint density at radius 1 is 1.12 bits per heavy atom. The Morgan fingerprint density at radius 3 is 2.25 bits per heavy atom. The third kappa shape index (κ3) is 5.46. The molecule has 1 aromatic rings. The first-order chi connectivity index (χ1) is 11.4. The molecule has 0 atom stereocenters. The van der Waals surface area contributed by atoms with Crippen LogP contribution in [0.1, 0.15) is 19.4 Å². The molecule has 2 amide bonds. The van der Waals surface area contributed by atoms with E-state index in [2.05, 4.69) is 54.1 Å². The summed E-state index contributed by atoms with van der Waals surface area (Å²) in [6, 6.07) is 4.02. The number of hydrogen-bond donors (Lipinski definition) is 1. The van der Waals surface area contributed by atoms with Gasteiger partial charge >= 0.3 is 6.03 Å². The van der Waals surface area contributed by atoms with Crippen LogP contribution in [0.25, 0.3) is 0 Å². The van der Waals surface area contributed by atoms with Crippen molar-refractivity contribution in [2.75, 3.05) is 59.9 Å². The van der Waals surface area contributed by atoms with Gasteiger partial charge in [-0.05, 0) is 25.7 Å². The molecule has 1 aliphatic heterocycles. The molecule has 0 saturated carbocycles. The summed E-state index contributed by atoms with van der Waals surface area (Å²) in [6.07, 6.45) is 3.64. The predicted molar refractivity (Wildman–Crippen MR) is 97.2 cm³/mol. The van der Waals surface area contributed by atoms with E-state index >= 15 is 0 Å². The number of nitrogens with zero attached hydrogens (tertiary/aromatic N) is 4. The molecule has 1 aromatic heterocycles. The van der Waals surface area contributed by atoms with Crippen molar-refractivity contribution < 1.29 is 4.79 Å². The summed E-state index contributed by atoms with van der Waals surface area (Å²) in [7, 11) is 4.22. The SMILES string of the molecule is CN1CCN(C)CCN(C(=O)NCC(C)(C)c2cccnc2)CC1. The smallest absolute Gasteiger partial charge is 0.317 e. The maximum atomic E-state index is 12.6. The fourth-order valence-corrected chi connectivity index (χ4v) is 2.74. The number of rotatable bonds is 3. The van der Waals surface area contributed by atoms with Gasteiger partial charge in [0.25, 0.3) is 0 Å². The third-order valence-electron chi connectivity index (χ3n) is 4.78. The lowest BCUT2D eigenvalue weighted by Crippen LogP contribution is -2.48.